The predicted molar refractivity (Wildman–Crippen MR) is 165 cm³/mol. The summed E-state index contributed by atoms with van der Waals surface area (Å²) in [5.41, 5.74) is 2.01. The molecule has 0 spiro atoms. The lowest BCUT2D eigenvalue weighted by Crippen LogP contribution is -2.12. The fraction of sp³-hybridized carbons (Fsp3) is 0.172. The topological polar surface area (TPSA) is 118 Å². The Labute approximate surface area is 264 Å². The van der Waals surface area contributed by atoms with Crippen molar-refractivity contribution in [3.05, 3.63) is 110 Å². The van der Waals surface area contributed by atoms with Crippen LogP contribution >= 0.6 is 46.4 Å². The second kappa shape index (κ2) is 13.3. The van der Waals surface area contributed by atoms with Crippen LogP contribution in [0.2, 0.25) is 20.1 Å². The van der Waals surface area contributed by atoms with Gasteiger partial charge in [0.05, 0.1) is 21.6 Å². The van der Waals surface area contributed by atoms with Crippen LogP contribution in [0.15, 0.2) is 82.6 Å². The molecule has 222 valence electrons. The number of aryl methyl sites for hydroxylation is 2. The van der Waals surface area contributed by atoms with Gasteiger partial charge in [0.2, 0.25) is 0 Å². The summed E-state index contributed by atoms with van der Waals surface area (Å²) in [6.07, 6.45) is 0.0256. The molecule has 0 saturated heterocycles. The minimum Gasteiger partial charge on any atom is -0.505 e. The van der Waals surface area contributed by atoms with Crippen LogP contribution < -0.4 is 4.74 Å². The van der Waals surface area contributed by atoms with E-state index in [4.69, 9.17) is 51.1 Å². The Kier molecular flexibility index (Phi) is 10.2. The minimum absolute atomic E-state index is 0.0128. The number of halogens is 4. The van der Waals surface area contributed by atoms with Crippen molar-refractivity contribution in [1.29, 1.82) is 0 Å². The van der Waals surface area contributed by atoms with E-state index >= 15 is 0 Å². The van der Waals surface area contributed by atoms with E-state index in [1.54, 1.807) is 18.2 Å². The Hall–Kier alpha value is -2.66. The molecule has 4 aromatic carbocycles. The fourth-order valence-corrected chi connectivity index (χ4v) is 8.22. The lowest BCUT2D eigenvalue weighted by atomic mass is 10.1. The molecule has 0 amide bonds. The molecule has 0 heterocycles. The summed E-state index contributed by atoms with van der Waals surface area (Å²) < 4.78 is 58.3. The van der Waals surface area contributed by atoms with Crippen LogP contribution in [0.1, 0.15) is 16.7 Å². The van der Waals surface area contributed by atoms with Crippen LogP contribution in [-0.4, -0.2) is 38.6 Å². The number of ether oxygens (including phenoxy) is 1. The second-order valence-electron chi connectivity index (χ2n) is 9.37. The number of aromatic hydroxyl groups is 2. The van der Waals surface area contributed by atoms with E-state index in [9.17, 15) is 27.0 Å². The first-order valence-electron chi connectivity index (χ1n) is 12.4. The molecule has 4 aromatic rings. The average molecular weight is 690 g/mol. The van der Waals surface area contributed by atoms with Crippen LogP contribution in [0.3, 0.4) is 0 Å². The summed E-state index contributed by atoms with van der Waals surface area (Å²) in [6.45, 7) is 0.226. The molecule has 0 aliphatic heterocycles. The van der Waals surface area contributed by atoms with Gasteiger partial charge in [0, 0.05) is 10.0 Å². The van der Waals surface area contributed by atoms with Gasteiger partial charge >= 0.3 is 0 Å². The molecule has 0 saturated carbocycles. The Morgan fingerprint density at radius 2 is 1.05 bits per heavy atom. The van der Waals surface area contributed by atoms with Gasteiger partial charge in [-0.05, 0) is 65.9 Å². The van der Waals surface area contributed by atoms with E-state index in [-0.39, 0.29) is 49.3 Å². The third-order valence-corrected chi connectivity index (χ3v) is 10.7. The molecule has 0 bridgehead atoms. The number of rotatable bonds is 11. The zero-order valence-corrected chi connectivity index (χ0v) is 26.4. The maximum Gasteiger partial charge on any atom is 0.182 e. The van der Waals surface area contributed by atoms with E-state index in [2.05, 4.69) is 0 Å². The van der Waals surface area contributed by atoms with E-state index in [0.29, 0.717) is 16.9 Å². The molecule has 0 aliphatic rings. The van der Waals surface area contributed by atoms with Crippen molar-refractivity contribution in [2.45, 2.75) is 29.2 Å². The molecular weight excluding hydrogens is 666 g/mol. The molecule has 0 fully saturated rings. The maximum atomic E-state index is 13.1. The highest BCUT2D eigenvalue weighted by molar-refractivity contribution is 7.91. The summed E-state index contributed by atoms with van der Waals surface area (Å²) in [7, 11) is -8.02. The van der Waals surface area contributed by atoms with Gasteiger partial charge in [-0.1, -0.05) is 82.8 Å². The third kappa shape index (κ3) is 8.03. The number of hydrogen-bond acceptors (Lipinski definition) is 7. The van der Waals surface area contributed by atoms with Crippen molar-refractivity contribution in [2.75, 3.05) is 11.5 Å². The van der Waals surface area contributed by atoms with Crippen molar-refractivity contribution in [1.82, 2.24) is 0 Å². The molecule has 4 rings (SSSR count). The summed E-state index contributed by atoms with van der Waals surface area (Å²) in [4.78, 5) is -0.773. The number of benzene rings is 4. The minimum atomic E-state index is -4.01. The molecule has 0 radical (unpaired) electrons. The number of phenolic OH excluding ortho intramolecular Hbond substituents is 2. The largest absolute Gasteiger partial charge is 0.505 e. The van der Waals surface area contributed by atoms with Gasteiger partial charge in [-0.25, -0.2) is 16.8 Å². The van der Waals surface area contributed by atoms with E-state index in [1.165, 1.54) is 12.1 Å². The van der Waals surface area contributed by atoms with Crippen molar-refractivity contribution in [3.63, 3.8) is 0 Å². The maximum absolute atomic E-state index is 13.1. The highest BCUT2D eigenvalue weighted by atomic mass is 35.5. The van der Waals surface area contributed by atoms with Gasteiger partial charge in [-0.3, -0.25) is 0 Å². The van der Waals surface area contributed by atoms with E-state index in [1.807, 2.05) is 30.3 Å². The summed E-state index contributed by atoms with van der Waals surface area (Å²) in [5.74, 6) is -1.56. The Morgan fingerprint density at radius 1 is 0.595 bits per heavy atom. The number of phenols is 2. The first-order valence-corrected chi connectivity index (χ1v) is 17.2. The van der Waals surface area contributed by atoms with Crippen LogP contribution in [0.4, 0.5) is 0 Å². The molecule has 7 nitrogen and oxygen atoms in total. The molecular formula is C29H24Cl4O7S2. The van der Waals surface area contributed by atoms with Gasteiger partial charge in [0.1, 0.15) is 22.1 Å². The van der Waals surface area contributed by atoms with Gasteiger partial charge in [0.15, 0.2) is 31.2 Å². The SMILES string of the molecule is O=S(=O)(CCc1cc(CCS(=O)(=O)c2cc(Cl)cc(Cl)c2O)cc(OCc2ccccc2)c1)c1cc(Cl)cc(Cl)c1O. The molecule has 0 aromatic heterocycles. The lowest BCUT2D eigenvalue weighted by Gasteiger charge is -2.13. The summed E-state index contributed by atoms with van der Waals surface area (Å²) >= 11 is 23.8. The first-order chi connectivity index (χ1) is 19.7. The zero-order valence-electron chi connectivity index (χ0n) is 21.7. The standard InChI is InChI=1S/C29H24Cl4O7S2/c30-21-13-24(32)28(34)26(15-21)41(36,37)8-6-19-10-20(12-23(11-19)40-17-18-4-2-1-3-5-18)7-9-42(38,39)27-16-22(31)14-25(33)29(27)35/h1-5,10-16,34-35H,6-9,17H2. The van der Waals surface area contributed by atoms with Crippen LogP contribution in [0.5, 0.6) is 17.2 Å². The fourth-order valence-electron chi connectivity index (χ4n) is 4.12. The Balaban J connectivity index is 1.60. The smallest absolute Gasteiger partial charge is 0.182 e. The van der Waals surface area contributed by atoms with Gasteiger partial charge in [-0.15, -0.1) is 0 Å². The monoisotopic (exact) mass is 688 g/mol. The quantitative estimate of drug-likeness (QED) is 0.169. The Morgan fingerprint density at radius 3 is 1.50 bits per heavy atom. The first kappa shape index (κ1) is 32.3. The second-order valence-corrected chi connectivity index (χ2v) is 15.2. The van der Waals surface area contributed by atoms with E-state index in [0.717, 1.165) is 17.7 Å². The molecule has 13 heteroatoms. The third-order valence-electron chi connectivity index (χ3n) is 6.25. The molecule has 0 aliphatic carbocycles. The van der Waals surface area contributed by atoms with Gasteiger partial charge < -0.3 is 14.9 Å². The summed E-state index contributed by atoms with van der Waals surface area (Å²) in [5, 5.41) is 20.2. The van der Waals surface area contributed by atoms with Crippen LogP contribution in [-0.2, 0) is 39.1 Å². The van der Waals surface area contributed by atoms with Crippen LogP contribution in [0, 0.1) is 0 Å². The van der Waals surface area contributed by atoms with Gasteiger partial charge in [-0.2, -0.15) is 0 Å². The van der Waals surface area contributed by atoms with Gasteiger partial charge in [0.25, 0.3) is 0 Å². The molecule has 42 heavy (non-hydrogen) atoms. The molecule has 0 atom stereocenters. The van der Waals surface area contributed by atoms with Crippen LogP contribution in [0.25, 0.3) is 0 Å². The highest BCUT2D eigenvalue weighted by Crippen LogP contribution is 2.36. The number of sulfone groups is 2. The molecule has 2 N–H and O–H groups in total. The zero-order chi connectivity index (χ0) is 30.7. The van der Waals surface area contributed by atoms with Crippen molar-refractivity contribution < 1.29 is 31.8 Å². The van der Waals surface area contributed by atoms with Crippen molar-refractivity contribution >= 4 is 66.1 Å². The summed E-state index contributed by atoms with van der Waals surface area (Å²) in [6, 6.07) is 19.1. The van der Waals surface area contributed by atoms with Crippen molar-refractivity contribution in [3.8, 4) is 17.2 Å². The average Bonchev–Trinajstić information content (AvgIpc) is 2.94. The normalized spacial score (nSPS) is 11.9. The highest BCUT2D eigenvalue weighted by Gasteiger charge is 2.24. The Bertz CT molecular complexity index is 1720. The lowest BCUT2D eigenvalue weighted by molar-refractivity contribution is 0.305. The number of hydrogen-bond donors (Lipinski definition) is 2. The predicted octanol–water partition coefficient (Wildman–Crippen LogP) is 7.32. The van der Waals surface area contributed by atoms with Crippen molar-refractivity contribution in [2.24, 2.45) is 0 Å². The van der Waals surface area contributed by atoms with E-state index < -0.39 is 42.7 Å². The molecule has 0 unspecified atom stereocenters.